The molecule has 0 rings (SSSR count). The van der Waals surface area contributed by atoms with Gasteiger partial charge in [0.1, 0.15) is 6.61 Å². The van der Waals surface area contributed by atoms with Gasteiger partial charge in [0.2, 0.25) is 0 Å². The molecule has 0 spiro atoms. The maximum absolute atomic E-state index is 10.5. The van der Waals surface area contributed by atoms with Gasteiger partial charge in [-0.2, -0.15) is 0 Å². The summed E-state index contributed by atoms with van der Waals surface area (Å²) in [5.74, 6) is 0.143. The zero-order valence-corrected chi connectivity index (χ0v) is 6.40. The molecule has 0 aromatic carbocycles. The zero-order valence-electron chi connectivity index (χ0n) is 4.82. The Morgan fingerprint density at radius 3 is 2.75 bits per heavy atom. The highest BCUT2D eigenvalue weighted by Gasteiger charge is 1.96. The van der Waals surface area contributed by atoms with Crippen molar-refractivity contribution in [3.05, 3.63) is 0 Å². The van der Waals surface area contributed by atoms with Crippen LogP contribution in [-0.2, 0) is 9.53 Å². The average Bonchev–Trinajstić information content (AvgIpc) is 1.68. The largest absolute Gasteiger partial charge is 0.377 e. The summed E-state index contributed by atoms with van der Waals surface area (Å²) in [6.45, 7) is 0.242. The molecular weight excluding hydrogens is 172 g/mol. The number of rotatable bonds is 4. The van der Waals surface area contributed by atoms with E-state index in [0.29, 0.717) is 6.42 Å². The molecule has 0 fully saturated rings. The van der Waals surface area contributed by atoms with Crippen molar-refractivity contribution in [1.29, 1.82) is 0 Å². The highest BCUT2D eigenvalue weighted by atomic mass is 79.9. The summed E-state index contributed by atoms with van der Waals surface area (Å²) in [6.07, 6.45) is 0.563. The average molecular weight is 181 g/mol. The van der Waals surface area contributed by atoms with Crippen LogP contribution >= 0.6 is 15.9 Å². The lowest BCUT2D eigenvalue weighted by atomic mass is 10.3. The quantitative estimate of drug-likeness (QED) is 0.604. The van der Waals surface area contributed by atoms with E-state index in [-0.39, 0.29) is 12.4 Å². The first-order chi connectivity index (χ1) is 3.81. The fourth-order valence-electron chi connectivity index (χ4n) is 0.339. The number of ether oxygens (including phenoxy) is 1. The fourth-order valence-corrected chi connectivity index (χ4v) is 0.781. The lowest BCUT2D eigenvalue weighted by molar-refractivity contribution is -0.122. The van der Waals surface area contributed by atoms with Crippen LogP contribution < -0.4 is 0 Å². The third-order valence-electron chi connectivity index (χ3n) is 0.679. The Bertz CT molecular complexity index is 64.8. The highest BCUT2D eigenvalue weighted by molar-refractivity contribution is 9.09. The lowest BCUT2D eigenvalue weighted by Gasteiger charge is -1.92. The number of hydrogen-bond acceptors (Lipinski definition) is 2. The molecule has 0 amide bonds. The van der Waals surface area contributed by atoms with Crippen LogP contribution in [0.15, 0.2) is 0 Å². The standard InChI is InChI=1S/C5H9BrO2/c1-8-4-5(7)2-3-6/h2-4H2,1H3. The van der Waals surface area contributed by atoms with Crippen LogP contribution in [0.5, 0.6) is 0 Å². The van der Waals surface area contributed by atoms with Crippen LogP contribution in [-0.4, -0.2) is 24.8 Å². The van der Waals surface area contributed by atoms with Crippen LogP contribution in [0.4, 0.5) is 0 Å². The molecule has 0 unspecified atom stereocenters. The van der Waals surface area contributed by atoms with Gasteiger partial charge >= 0.3 is 0 Å². The third kappa shape index (κ3) is 4.27. The molecule has 48 valence electrons. The number of alkyl halides is 1. The SMILES string of the molecule is COCC(=O)CCBr. The Morgan fingerprint density at radius 1 is 1.75 bits per heavy atom. The predicted octanol–water partition coefficient (Wildman–Crippen LogP) is 0.987. The van der Waals surface area contributed by atoms with Crippen LogP contribution in [0, 0.1) is 0 Å². The van der Waals surface area contributed by atoms with Gasteiger partial charge in [0.05, 0.1) is 0 Å². The van der Waals surface area contributed by atoms with E-state index in [2.05, 4.69) is 20.7 Å². The van der Waals surface area contributed by atoms with Gasteiger partial charge in [0.25, 0.3) is 0 Å². The van der Waals surface area contributed by atoms with E-state index in [1.54, 1.807) is 0 Å². The second-order valence-electron chi connectivity index (χ2n) is 1.41. The van der Waals surface area contributed by atoms with Crippen molar-refractivity contribution in [3.8, 4) is 0 Å². The van der Waals surface area contributed by atoms with E-state index in [1.807, 2.05) is 0 Å². The third-order valence-corrected chi connectivity index (χ3v) is 1.08. The molecule has 0 atom stereocenters. The molecule has 0 bridgehead atoms. The van der Waals surface area contributed by atoms with Crippen LogP contribution in [0.2, 0.25) is 0 Å². The van der Waals surface area contributed by atoms with Crippen molar-refractivity contribution in [1.82, 2.24) is 0 Å². The van der Waals surface area contributed by atoms with E-state index >= 15 is 0 Å². The molecule has 3 heteroatoms. The smallest absolute Gasteiger partial charge is 0.159 e. The minimum atomic E-state index is 0.143. The molecule has 0 aromatic heterocycles. The fraction of sp³-hybridized carbons (Fsp3) is 0.800. The van der Waals surface area contributed by atoms with Crippen molar-refractivity contribution in [2.24, 2.45) is 0 Å². The topological polar surface area (TPSA) is 26.3 Å². The van der Waals surface area contributed by atoms with Crippen LogP contribution in [0.25, 0.3) is 0 Å². The molecule has 0 aliphatic carbocycles. The number of ketones is 1. The highest BCUT2D eigenvalue weighted by Crippen LogP contribution is 1.88. The number of Topliss-reactive ketones (excluding diaryl/α,β-unsaturated/α-hetero) is 1. The normalized spacial score (nSPS) is 9.25. The molecule has 0 aliphatic rings. The molecule has 0 radical (unpaired) electrons. The van der Waals surface area contributed by atoms with Gasteiger partial charge in [-0.05, 0) is 0 Å². The Balaban J connectivity index is 3.06. The molecule has 0 saturated carbocycles. The van der Waals surface area contributed by atoms with Crippen molar-refractivity contribution in [2.75, 3.05) is 19.0 Å². The Morgan fingerprint density at radius 2 is 2.38 bits per heavy atom. The maximum atomic E-state index is 10.5. The molecule has 0 heterocycles. The molecular formula is C5H9BrO2. The number of methoxy groups -OCH3 is 1. The second kappa shape index (κ2) is 5.25. The zero-order chi connectivity index (χ0) is 6.41. The Labute approximate surface area is 57.3 Å². The number of hydrogen-bond donors (Lipinski definition) is 0. The van der Waals surface area contributed by atoms with Gasteiger partial charge in [0.15, 0.2) is 5.78 Å². The maximum Gasteiger partial charge on any atom is 0.159 e. The summed E-state index contributed by atoms with van der Waals surface area (Å²) < 4.78 is 4.59. The molecule has 8 heavy (non-hydrogen) atoms. The minimum absolute atomic E-state index is 0.143. The number of carbonyl (C=O) groups excluding carboxylic acids is 1. The summed E-state index contributed by atoms with van der Waals surface area (Å²) >= 11 is 3.14. The van der Waals surface area contributed by atoms with Crippen LogP contribution in [0.3, 0.4) is 0 Å². The number of halogens is 1. The second-order valence-corrected chi connectivity index (χ2v) is 2.20. The van der Waals surface area contributed by atoms with Crippen molar-refractivity contribution in [2.45, 2.75) is 6.42 Å². The molecule has 2 nitrogen and oxygen atoms in total. The van der Waals surface area contributed by atoms with E-state index in [4.69, 9.17) is 0 Å². The van der Waals surface area contributed by atoms with Gasteiger partial charge < -0.3 is 4.74 Å². The molecule has 0 aromatic rings. The summed E-state index contributed by atoms with van der Waals surface area (Å²) in [7, 11) is 1.52. The Hall–Kier alpha value is 0.110. The predicted molar refractivity (Wildman–Crippen MR) is 35.3 cm³/mol. The summed E-state index contributed by atoms with van der Waals surface area (Å²) in [4.78, 5) is 10.5. The van der Waals surface area contributed by atoms with Crippen LogP contribution in [0.1, 0.15) is 6.42 Å². The van der Waals surface area contributed by atoms with Gasteiger partial charge in [-0.15, -0.1) is 0 Å². The minimum Gasteiger partial charge on any atom is -0.377 e. The molecule has 0 saturated heterocycles. The van der Waals surface area contributed by atoms with Gasteiger partial charge in [-0.3, -0.25) is 4.79 Å². The monoisotopic (exact) mass is 180 g/mol. The van der Waals surface area contributed by atoms with Crippen molar-refractivity contribution >= 4 is 21.7 Å². The summed E-state index contributed by atoms with van der Waals surface area (Å²) in [6, 6.07) is 0. The Kier molecular flexibility index (Phi) is 5.32. The lowest BCUT2D eigenvalue weighted by Crippen LogP contribution is -2.05. The number of carbonyl (C=O) groups is 1. The molecule has 0 N–H and O–H groups in total. The van der Waals surface area contributed by atoms with E-state index in [1.165, 1.54) is 7.11 Å². The van der Waals surface area contributed by atoms with Crippen molar-refractivity contribution in [3.63, 3.8) is 0 Å². The van der Waals surface area contributed by atoms with E-state index in [9.17, 15) is 4.79 Å². The van der Waals surface area contributed by atoms with Gasteiger partial charge in [0, 0.05) is 18.9 Å². The first kappa shape index (κ1) is 8.11. The van der Waals surface area contributed by atoms with E-state index < -0.39 is 0 Å². The van der Waals surface area contributed by atoms with E-state index in [0.717, 1.165) is 5.33 Å². The van der Waals surface area contributed by atoms with Gasteiger partial charge in [-0.25, -0.2) is 0 Å². The van der Waals surface area contributed by atoms with Gasteiger partial charge in [-0.1, -0.05) is 15.9 Å². The van der Waals surface area contributed by atoms with Crippen molar-refractivity contribution < 1.29 is 9.53 Å². The molecule has 0 aliphatic heterocycles. The first-order valence-electron chi connectivity index (χ1n) is 2.38. The summed E-state index contributed by atoms with van der Waals surface area (Å²) in [5, 5.41) is 0.731. The summed E-state index contributed by atoms with van der Waals surface area (Å²) in [5.41, 5.74) is 0. The first-order valence-corrected chi connectivity index (χ1v) is 3.50.